The van der Waals surface area contributed by atoms with Crippen LogP contribution in [0, 0.1) is 12.7 Å². The Hall–Kier alpha value is -2.23. The smallest absolute Gasteiger partial charge is 0.167 e. The van der Waals surface area contributed by atoms with Crippen molar-refractivity contribution in [3.8, 4) is 5.75 Å². The molecule has 2 aromatic carbocycles. The summed E-state index contributed by atoms with van der Waals surface area (Å²) < 4.78 is 18.7. The number of nitrogens with zero attached hydrogens (tertiary/aromatic N) is 1. The van der Waals surface area contributed by atoms with Crippen LogP contribution < -0.4 is 15.4 Å². The van der Waals surface area contributed by atoms with Crippen LogP contribution in [0.25, 0.3) is 0 Å². The van der Waals surface area contributed by atoms with E-state index in [1.807, 2.05) is 36.9 Å². The highest BCUT2D eigenvalue weighted by Crippen LogP contribution is 2.35. The monoisotopic (exact) mass is 274 g/mol. The minimum atomic E-state index is -0.450. The van der Waals surface area contributed by atoms with E-state index in [4.69, 9.17) is 10.5 Å². The number of anilines is 3. The highest BCUT2D eigenvalue weighted by molar-refractivity contribution is 5.76. The van der Waals surface area contributed by atoms with E-state index in [9.17, 15) is 4.39 Å². The van der Waals surface area contributed by atoms with Crippen molar-refractivity contribution >= 4 is 17.1 Å². The zero-order valence-electron chi connectivity index (χ0n) is 12.0. The Bertz CT molecular complexity index is 613. The second-order valence-corrected chi connectivity index (χ2v) is 4.63. The molecule has 2 N–H and O–H groups in total. The third-order valence-electron chi connectivity index (χ3n) is 3.22. The lowest BCUT2D eigenvalue weighted by Crippen LogP contribution is -2.18. The summed E-state index contributed by atoms with van der Waals surface area (Å²) in [5.74, 6) is -0.255. The molecule has 0 unspecified atom stereocenters. The van der Waals surface area contributed by atoms with Gasteiger partial charge in [0.2, 0.25) is 0 Å². The van der Waals surface area contributed by atoms with Gasteiger partial charge >= 0.3 is 0 Å². The molecule has 0 spiro atoms. The van der Waals surface area contributed by atoms with Crippen molar-refractivity contribution in [3.05, 3.63) is 47.8 Å². The van der Waals surface area contributed by atoms with Crippen molar-refractivity contribution in [2.75, 3.05) is 24.3 Å². The summed E-state index contributed by atoms with van der Waals surface area (Å²) >= 11 is 0. The predicted molar refractivity (Wildman–Crippen MR) is 81.2 cm³/mol. The van der Waals surface area contributed by atoms with Gasteiger partial charge < -0.3 is 15.4 Å². The molecule has 0 aliphatic heterocycles. The summed E-state index contributed by atoms with van der Waals surface area (Å²) in [4.78, 5) is 2.03. The zero-order chi connectivity index (χ0) is 14.7. The molecule has 20 heavy (non-hydrogen) atoms. The maximum Gasteiger partial charge on any atom is 0.167 e. The molecule has 106 valence electrons. The van der Waals surface area contributed by atoms with Crippen LogP contribution in [0.15, 0.2) is 36.4 Å². The fourth-order valence-electron chi connectivity index (χ4n) is 2.24. The summed E-state index contributed by atoms with van der Waals surface area (Å²) in [5.41, 5.74) is 9.28. The van der Waals surface area contributed by atoms with E-state index >= 15 is 0 Å². The topological polar surface area (TPSA) is 38.5 Å². The third kappa shape index (κ3) is 2.69. The van der Waals surface area contributed by atoms with Gasteiger partial charge in [-0.25, -0.2) is 4.39 Å². The van der Waals surface area contributed by atoms with Crippen molar-refractivity contribution in [1.29, 1.82) is 0 Å². The van der Waals surface area contributed by atoms with Crippen molar-refractivity contribution in [2.24, 2.45) is 0 Å². The minimum absolute atomic E-state index is 0.195. The van der Waals surface area contributed by atoms with Gasteiger partial charge in [-0.15, -0.1) is 0 Å². The first-order chi connectivity index (χ1) is 9.56. The van der Waals surface area contributed by atoms with Crippen LogP contribution in [0.1, 0.15) is 12.5 Å². The Morgan fingerprint density at radius 2 is 2.00 bits per heavy atom. The van der Waals surface area contributed by atoms with E-state index in [2.05, 4.69) is 6.07 Å². The number of nitrogen functional groups attached to an aromatic ring is 1. The number of hydrogen-bond donors (Lipinski definition) is 1. The van der Waals surface area contributed by atoms with Gasteiger partial charge in [0.05, 0.1) is 18.5 Å². The summed E-state index contributed by atoms with van der Waals surface area (Å²) in [6.07, 6.45) is 0. The van der Waals surface area contributed by atoms with E-state index in [0.717, 1.165) is 23.5 Å². The second kappa shape index (κ2) is 5.82. The molecule has 0 aromatic heterocycles. The molecule has 4 heteroatoms. The van der Waals surface area contributed by atoms with Crippen molar-refractivity contribution < 1.29 is 9.13 Å². The number of benzene rings is 2. The molecule has 0 heterocycles. The van der Waals surface area contributed by atoms with Crippen LogP contribution in [0.5, 0.6) is 5.75 Å². The number of halogens is 1. The molecule has 0 fully saturated rings. The highest BCUT2D eigenvalue weighted by Gasteiger charge is 2.15. The normalized spacial score (nSPS) is 10.4. The molecule has 0 atom stereocenters. The highest BCUT2D eigenvalue weighted by atomic mass is 19.1. The van der Waals surface area contributed by atoms with E-state index in [-0.39, 0.29) is 5.75 Å². The Labute approximate surface area is 118 Å². The average Bonchev–Trinajstić information content (AvgIpc) is 2.42. The number of ether oxygens (including phenoxy) is 1. The molecule has 0 aliphatic carbocycles. The van der Waals surface area contributed by atoms with Gasteiger partial charge in [0, 0.05) is 24.4 Å². The van der Waals surface area contributed by atoms with E-state index < -0.39 is 5.82 Å². The fourth-order valence-corrected chi connectivity index (χ4v) is 2.24. The Morgan fingerprint density at radius 3 is 2.60 bits per heavy atom. The molecule has 3 nitrogen and oxygen atoms in total. The third-order valence-corrected chi connectivity index (χ3v) is 3.22. The predicted octanol–water partition coefficient (Wildman–Crippen LogP) is 3.88. The van der Waals surface area contributed by atoms with Gasteiger partial charge in [-0.2, -0.15) is 0 Å². The van der Waals surface area contributed by atoms with E-state index in [1.54, 1.807) is 6.07 Å². The lowest BCUT2D eigenvalue weighted by molar-refractivity contribution is 0.387. The number of rotatable bonds is 4. The molecular weight excluding hydrogens is 255 g/mol. The average molecular weight is 274 g/mol. The Balaban J connectivity index is 2.52. The first kappa shape index (κ1) is 14.2. The lowest BCUT2D eigenvalue weighted by Gasteiger charge is -2.25. The van der Waals surface area contributed by atoms with Gasteiger partial charge in [-0.1, -0.05) is 12.1 Å². The Morgan fingerprint density at radius 1 is 1.25 bits per heavy atom. The van der Waals surface area contributed by atoms with Gasteiger partial charge in [-0.05, 0) is 31.5 Å². The molecule has 2 aromatic rings. The largest absolute Gasteiger partial charge is 0.494 e. The number of hydrogen-bond acceptors (Lipinski definition) is 3. The zero-order valence-corrected chi connectivity index (χ0v) is 12.0. The fraction of sp³-hybridized carbons (Fsp3) is 0.250. The summed E-state index contributed by atoms with van der Waals surface area (Å²) in [6.45, 7) is 4.78. The van der Waals surface area contributed by atoms with Crippen molar-refractivity contribution in [3.63, 3.8) is 0 Å². The lowest BCUT2D eigenvalue weighted by atomic mass is 10.1. The van der Waals surface area contributed by atoms with Crippen LogP contribution >= 0.6 is 0 Å². The molecule has 0 amide bonds. The first-order valence-corrected chi connectivity index (χ1v) is 6.54. The van der Waals surface area contributed by atoms with Gasteiger partial charge in [0.15, 0.2) is 11.6 Å². The van der Waals surface area contributed by atoms with E-state index in [0.29, 0.717) is 5.69 Å². The minimum Gasteiger partial charge on any atom is -0.494 e. The first-order valence-electron chi connectivity index (χ1n) is 6.54. The number of methoxy groups -OCH3 is 1. The molecule has 2 rings (SSSR count). The van der Waals surface area contributed by atoms with E-state index in [1.165, 1.54) is 13.2 Å². The van der Waals surface area contributed by atoms with Crippen LogP contribution in [0.3, 0.4) is 0 Å². The molecule has 0 radical (unpaired) electrons. The maximum atomic E-state index is 13.6. The van der Waals surface area contributed by atoms with Crippen LogP contribution in [0.4, 0.5) is 21.5 Å². The molecule has 0 saturated carbocycles. The van der Waals surface area contributed by atoms with Crippen LogP contribution in [0.2, 0.25) is 0 Å². The van der Waals surface area contributed by atoms with Crippen molar-refractivity contribution in [1.82, 2.24) is 0 Å². The molecule has 0 aliphatic rings. The van der Waals surface area contributed by atoms with Gasteiger partial charge in [0.25, 0.3) is 0 Å². The van der Waals surface area contributed by atoms with Crippen molar-refractivity contribution in [2.45, 2.75) is 13.8 Å². The number of aryl methyl sites for hydroxylation is 1. The van der Waals surface area contributed by atoms with Gasteiger partial charge in [-0.3, -0.25) is 0 Å². The Kier molecular flexibility index (Phi) is 4.13. The maximum absolute atomic E-state index is 13.6. The SMILES string of the molecule is CCN(c1cccc(C)c1)c1cc(OC)c(F)cc1N. The standard InChI is InChI=1S/C16H19FN2O/c1-4-19(12-7-5-6-11(2)8-12)15-10-16(20-3)13(17)9-14(15)18/h5-10H,4,18H2,1-3H3. The summed E-state index contributed by atoms with van der Waals surface area (Å²) in [5, 5.41) is 0. The van der Waals surface area contributed by atoms with Crippen LogP contribution in [-0.2, 0) is 0 Å². The quantitative estimate of drug-likeness (QED) is 0.860. The number of nitrogens with two attached hydrogens (primary N) is 1. The second-order valence-electron chi connectivity index (χ2n) is 4.63. The molecule has 0 saturated heterocycles. The summed E-state index contributed by atoms with van der Waals surface area (Å²) in [7, 11) is 1.45. The molecule has 0 bridgehead atoms. The summed E-state index contributed by atoms with van der Waals surface area (Å²) in [6, 6.07) is 11.0. The molecular formula is C16H19FN2O. The van der Waals surface area contributed by atoms with Gasteiger partial charge in [0.1, 0.15) is 0 Å². The van der Waals surface area contributed by atoms with Crippen LogP contribution in [-0.4, -0.2) is 13.7 Å².